The number of aryl methyl sites for hydroxylation is 2. The first kappa shape index (κ1) is 17.4. The first-order valence-electron chi connectivity index (χ1n) is 8.74. The summed E-state index contributed by atoms with van der Waals surface area (Å²) >= 11 is 1.65. The van der Waals surface area contributed by atoms with Crippen LogP contribution in [0.25, 0.3) is 21.0 Å². The van der Waals surface area contributed by atoms with Crippen LogP contribution in [0, 0.1) is 13.8 Å². The number of anilines is 2. The van der Waals surface area contributed by atoms with E-state index in [1.807, 2.05) is 54.4 Å². The van der Waals surface area contributed by atoms with Crippen molar-refractivity contribution in [1.82, 2.24) is 9.97 Å². The Hall–Kier alpha value is -2.99. The number of nitrogens with one attached hydrogen (secondary N) is 1. The van der Waals surface area contributed by atoms with Gasteiger partial charge in [-0.05, 0) is 30.9 Å². The molecule has 4 rings (SSSR count). The normalized spacial score (nSPS) is 11.1. The molecule has 1 amide bonds. The Bertz CT molecular complexity index is 1150. The number of thiophene rings is 1. The summed E-state index contributed by atoms with van der Waals surface area (Å²) in [5, 5.41) is 6.19. The minimum Gasteiger partial charge on any atom is -0.350 e. The number of hydrogen-bond donors (Lipinski definition) is 1. The van der Waals surface area contributed by atoms with Gasteiger partial charge in [-0.15, -0.1) is 11.3 Å². The van der Waals surface area contributed by atoms with Gasteiger partial charge < -0.3 is 10.2 Å². The van der Waals surface area contributed by atoms with Crippen molar-refractivity contribution in [3.8, 4) is 0 Å². The number of nitrogens with zero attached hydrogens (tertiary/aromatic N) is 3. The molecule has 0 aliphatic carbocycles. The molecule has 0 aliphatic rings. The predicted molar refractivity (Wildman–Crippen MR) is 113 cm³/mol. The van der Waals surface area contributed by atoms with Gasteiger partial charge in [0, 0.05) is 23.0 Å². The molecule has 0 saturated heterocycles. The number of carbonyl (C=O) groups is 1. The number of amides is 1. The van der Waals surface area contributed by atoms with Crippen molar-refractivity contribution in [2.75, 3.05) is 23.8 Å². The minimum absolute atomic E-state index is 0.0785. The first-order valence-corrected chi connectivity index (χ1v) is 9.55. The quantitative estimate of drug-likeness (QED) is 0.568. The van der Waals surface area contributed by atoms with E-state index in [-0.39, 0.29) is 12.5 Å². The average molecular weight is 376 g/mol. The molecule has 6 heteroatoms. The molecule has 0 saturated carbocycles. The van der Waals surface area contributed by atoms with Crippen LogP contribution in [0.15, 0.2) is 48.8 Å². The van der Waals surface area contributed by atoms with Crippen molar-refractivity contribution in [3.05, 3.63) is 59.2 Å². The second-order valence-electron chi connectivity index (χ2n) is 6.59. The van der Waals surface area contributed by atoms with Crippen molar-refractivity contribution < 1.29 is 4.79 Å². The molecule has 0 atom stereocenters. The van der Waals surface area contributed by atoms with Crippen molar-refractivity contribution in [3.63, 3.8) is 0 Å². The van der Waals surface area contributed by atoms with Crippen LogP contribution in [0.2, 0.25) is 0 Å². The summed E-state index contributed by atoms with van der Waals surface area (Å²) in [6, 6.07) is 13.9. The number of likely N-dealkylation sites (N-methyl/N-ethyl adjacent to an activating group) is 1. The monoisotopic (exact) mass is 376 g/mol. The lowest BCUT2D eigenvalue weighted by atomic mass is 10.1. The summed E-state index contributed by atoms with van der Waals surface area (Å²) in [6.07, 6.45) is 1.56. The van der Waals surface area contributed by atoms with Crippen molar-refractivity contribution >= 4 is 49.7 Å². The van der Waals surface area contributed by atoms with Crippen LogP contribution in [0.4, 0.5) is 11.5 Å². The van der Waals surface area contributed by atoms with Gasteiger partial charge in [-0.1, -0.05) is 36.4 Å². The maximum atomic E-state index is 12.7. The fraction of sp³-hybridized carbons (Fsp3) is 0.190. The van der Waals surface area contributed by atoms with Gasteiger partial charge in [-0.2, -0.15) is 0 Å². The molecular weight excluding hydrogens is 356 g/mol. The van der Waals surface area contributed by atoms with Gasteiger partial charge >= 0.3 is 0 Å². The largest absolute Gasteiger partial charge is 0.350 e. The topological polar surface area (TPSA) is 58.1 Å². The molecule has 4 aromatic rings. The number of carbonyl (C=O) groups excluding carboxylic acids is 1. The van der Waals surface area contributed by atoms with E-state index in [2.05, 4.69) is 29.1 Å². The van der Waals surface area contributed by atoms with Gasteiger partial charge in [0.05, 0.1) is 11.9 Å². The lowest BCUT2D eigenvalue weighted by Crippen LogP contribution is -2.30. The third-order valence-electron chi connectivity index (χ3n) is 4.75. The second-order valence-corrected chi connectivity index (χ2v) is 7.79. The van der Waals surface area contributed by atoms with E-state index in [0.717, 1.165) is 32.5 Å². The number of rotatable bonds is 4. The van der Waals surface area contributed by atoms with Crippen LogP contribution in [-0.4, -0.2) is 29.5 Å². The number of fused-ring (bicyclic) bond motifs is 2. The van der Waals surface area contributed by atoms with Crippen LogP contribution in [0.5, 0.6) is 0 Å². The zero-order chi connectivity index (χ0) is 19.0. The zero-order valence-electron chi connectivity index (χ0n) is 15.5. The lowest BCUT2D eigenvalue weighted by molar-refractivity contribution is -0.114. The highest BCUT2D eigenvalue weighted by Gasteiger charge is 2.17. The number of benzene rings is 2. The van der Waals surface area contributed by atoms with Crippen LogP contribution in [-0.2, 0) is 4.79 Å². The van der Waals surface area contributed by atoms with E-state index in [9.17, 15) is 4.79 Å². The molecule has 5 nitrogen and oxygen atoms in total. The first-order chi connectivity index (χ1) is 13.0. The summed E-state index contributed by atoms with van der Waals surface area (Å²) in [6.45, 7) is 4.37. The Morgan fingerprint density at radius 2 is 1.89 bits per heavy atom. The Kier molecular flexibility index (Phi) is 4.49. The van der Waals surface area contributed by atoms with E-state index in [0.29, 0.717) is 0 Å². The van der Waals surface area contributed by atoms with E-state index in [4.69, 9.17) is 0 Å². The van der Waals surface area contributed by atoms with Gasteiger partial charge in [0.2, 0.25) is 5.91 Å². The smallest absolute Gasteiger partial charge is 0.243 e. The summed E-state index contributed by atoms with van der Waals surface area (Å²) < 4.78 is 0. The maximum absolute atomic E-state index is 12.7. The third-order valence-corrected chi connectivity index (χ3v) is 5.87. The Balaban J connectivity index is 1.58. The minimum atomic E-state index is -0.0785. The molecule has 0 radical (unpaired) electrons. The summed E-state index contributed by atoms with van der Waals surface area (Å²) in [7, 11) is 1.89. The highest BCUT2D eigenvalue weighted by atomic mass is 32.1. The molecule has 2 heterocycles. The van der Waals surface area contributed by atoms with Crippen LogP contribution in [0.3, 0.4) is 0 Å². The molecule has 0 fully saturated rings. The van der Waals surface area contributed by atoms with Gasteiger partial charge in [-0.3, -0.25) is 4.79 Å². The second kappa shape index (κ2) is 6.96. The molecule has 2 aromatic heterocycles. The van der Waals surface area contributed by atoms with Crippen molar-refractivity contribution in [2.24, 2.45) is 0 Å². The van der Waals surface area contributed by atoms with E-state index in [1.54, 1.807) is 17.7 Å². The zero-order valence-corrected chi connectivity index (χ0v) is 16.3. The van der Waals surface area contributed by atoms with E-state index >= 15 is 0 Å². The van der Waals surface area contributed by atoms with Crippen LogP contribution >= 0.6 is 11.3 Å². The van der Waals surface area contributed by atoms with Gasteiger partial charge in [0.1, 0.15) is 17.0 Å². The highest BCUT2D eigenvalue weighted by molar-refractivity contribution is 7.18. The highest BCUT2D eigenvalue weighted by Crippen LogP contribution is 2.33. The van der Waals surface area contributed by atoms with E-state index < -0.39 is 0 Å². The SMILES string of the molecule is Cc1sc2ncnc(N(C)CC(=O)Nc3cccc4ccccc34)c2c1C. The Morgan fingerprint density at radius 3 is 2.74 bits per heavy atom. The molecule has 2 aromatic carbocycles. The van der Waals surface area contributed by atoms with Gasteiger partial charge in [0.15, 0.2) is 0 Å². The predicted octanol–water partition coefficient (Wildman–Crippen LogP) is 4.54. The molecule has 0 spiro atoms. The summed E-state index contributed by atoms with van der Waals surface area (Å²) in [4.78, 5) is 25.5. The lowest BCUT2D eigenvalue weighted by Gasteiger charge is -2.19. The average Bonchev–Trinajstić information content (AvgIpc) is 2.96. The summed E-state index contributed by atoms with van der Waals surface area (Å²) in [5.41, 5.74) is 1.99. The van der Waals surface area contributed by atoms with E-state index in [1.165, 1.54) is 10.4 Å². The van der Waals surface area contributed by atoms with Crippen molar-refractivity contribution in [2.45, 2.75) is 13.8 Å². The molecule has 0 aliphatic heterocycles. The third kappa shape index (κ3) is 3.24. The van der Waals surface area contributed by atoms with Gasteiger partial charge in [-0.25, -0.2) is 9.97 Å². The van der Waals surface area contributed by atoms with Crippen LogP contribution < -0.4 is 10.2 Å². The van der Waals surface area contributed by atoms with Crippen molar-refractivity contribution in [1.29, 1.82) is 0 Å². The molecule has 136 valence electrons. The molecule has 1 N–H and O–H groups in total. The fourth-order valence-corrected chi connectivity index (χ4v) is 4.26. The maximum Gasteiger partial charge on any atom is 0.243 e. The Labute approximate surface area is 161 Å². The Morgan fingerprint density at radius 1 is 1.11 bits per heavy atom. The summed E-state index contributed by atoms with van der Waals surface area (Å²) in [5.74, 6) is 0.708. The molecule has 27 heavy (non-hydrogen) atoms. The molecule has 0 bridgehead atoms. The molecular formula is C21H20N4OS. The molecule has 0 unspecified atom stereocenters. The van der Waals surface area contributed by atoms with Gasteiger partial charge in [0.25, 0.3) is 0 Å². The van der Waals surface area contributed by atoms with Crippen LogP contribution in [0.1, 0.15) is 10.4 Å². The standard InChI is InChI=1S/C21H20N4OS/c1-13-14(2)27-21-19(13)20(22-12-23-21)25(3)11-18(26)24-17-10-6-8-15-7-4-5-9-16(15)17/h4-10,12H,11H2,1-3H3,(H,24,26). The number of hydrogen-bond acceptors (Lipinski definition) is 5. The fourth-order valence-electron chi connectivity index (χ4n) is 3.27. The number of aromatic nitrogens is 2.